The Morgan fingerprint density at radius 2 is 2.12 bits per heavy atom. The molecule has 0 aliphatic rings. The predicted molar refractivity (Wildman–Crippen MR) is 91.8 cm³/mol. The third-order valence-electron chi connectivity index (χ3n) is 2.98. The van der Waals surface area contributed by atoms with Gasteiger partial charge < -0.3 is 10.1 Å². The van der Waals surface area contributed by atoms with Gasteiger partial charge in [0.25, 0.3) is 5.56 Å². The Labute approximate surface area is 146 Å². The number of carbonyl (C=O) groups excluding carboxylic acids is 2. The summed E-state index contributed by atoms with van der Waals surface area (Å²) in [6.45, 7) is 3.54. The second-order valence-electron chi connectivity index (χ2n) is 4.86. The zero-order chi connectivity index (χ0) is 18.4. The number of esters is 1. The Hall–Kier alpha value is -2.88. The lowest BCUT2D eigenvalue weighted by Crippen LogP contribution is -2.28. The van der Waals surface area contributed by atoms with E-state index in [1.807, 2.05) is 4.98 Å². The molecule has 2 aromatic rings. The molecule has 1 aromatic carbocycles. The summed E-state index contributed by atoms with van der Waals surface area (Å²) in [5.74, 6) is -0.872. The molecule has 1 heterocycles. The molecule has 0 aliphatic carbocycles. The number of nitrogens with zero attached hydrogens (tertiary/aromatic N) is 1. The van der Waals surface area contributed by atoms with Crippen molar-refractivity contribution in [2.45, 2.75) is 24.1 Å². The third kappa shape index (κ3) is 5.05. The number of aromatic amines is 2. The smallest absolute Gasteiger partial charge is 0.342 e. The fourth-order valence-corrected chi connectivity index (χ4v) is 2.58. The minimum atomic E-state index is -0.720. The van der Waals surface area contributed by atoms with Gasteiger partial charge in [-0.2, -0.15) is 5.10 Å². The summed E-state index contributed by atoms with van der Waals surface area (Å²) in [5, 5.41) is 7.67. The largest absolute Gasteiger partial charge is 0.462 e. The van der Waals surface area contributed by atoms with Gasteiger partial charge in [0.05, 0.1) is 17.4 Å². The number of hydrogen-bond donors (Lipinski definition) is 3. The van der Waals surface area contributed by atoms with Gasteiger partial charge in [-0.15, -0.1) is 0 Å². The standard InChI is InChI=1S/C15H16N4O5S/c1-3-24-14(22)9-5-4-6-10(7-9)16-11(20)8(2)25-13-12(21)17-15(23)19-18-13/h4-8H,3H2,1-2H3,(H,16,20)(H2,17,19,21,23). The van der Waals surface area contributed by atoms with Crippen molar-refractivity contribution in [3.05, 3.63) is 50.7 Å². The lowest BCUT2D eigenvalue weighted by Gasteiger charge is -2.11. The van der Waals surface area contributed by atoms with E-state index < -0.39 is 28.4 Å². The highest BCUT2D eigenvalue weighted by molar-refractivity contribution is 8.00. The minimum Gasteiger partial charge on any atom is -0.462 e. The summed E-state index contributed by atoms with van der Waals surface area (Å²) >= 11 is 0.896. The van der Waals surface area contributed by atoms with Crippen molar-refractivity contribution in [3.8, 4) is 0 Å². The fraction of sp³-hybridized carbons (Fsp3) is 0.267. The number of benzene rings is 1. The number of nitrogens with one attached hydrogen (secondary N) is 3. The maximum absolute atomic E-state index is 12.2. The topological polar surface area (TPSA) is 134 Å². The van der Waals surface area contributed by atoms with Crippen molar-refractivity contribution in [1.29, 1.82) is 0 Å². The minimum absolute atomic E-state index is 0.0254. The molecule has 25 heavy (non-hydrogen) atoms. The van der Waals surface area contributed by atoms with Gasteiger partial charge in [-0.25, -0.2) is 14.7 Å². The predicted octanol–water partition coefficient (Wildman–Crippen LogP) is 0.754. The van der Waals surface area contributed by atoms with Gasteiger partial charge in [0, 0.05) is 5.69 Å². The van der Waals surface area contributed by atoms with E-state index in [9.17, 15) is 19.2 Å². The molecule has 132 valence electrons. The van der Waals surface area contributed by atoms with Gasteiger partial charge in [0.15, 0.2) is 5.03 Å². The number of thioether (sulfide) groups is 1. The number of rotatable bonds is 6. The fourth-order valence-electron chi connectivity index (χ4n) is 1.82. The van der Waals surface area contributed by atoms with Crippen LogP contribution in [-0.4, -0.2) is 38.9 Å². The first-order chi connectivity index (χ1) is 11.9. The molecule has 3 N–H and O–H groups in total. The first-order valence-electron chi connectivity index (χ1n) is 7.34. The molecular weight excluding hydrogens is 348 g/mol. The number of hydrogen-bond acceptors (Lipinski definition) is 7. The van der Waals surface area contributed by atoms with Gasteiger partial charge in [0.1, 0.15) is 0 Å². The summed E-state index contributed by atoms with van der Waals surface area (Å²) in [7, 11) is 0. The molecule has 10 heteroatoms. The van der Waals surface area contributed by atoms with E-state index in [2.05, 4.69) is 15.5 Å². The Morgan fingerprint density at radius 1 is 1.36 bits per heavy atom. The second kappa shape index (κ2) is 8.29. The van der Waals surface area contributed by atoms with E-state index in [0.717, 1.165) is 11.8 Å². The normalized spacial score (nSPS) is 11.6. The molecule has 0 saturated heterocycles. The third-order valence-corrected chi connectivity index (χ3v) is 4.05. The number of anilines is 1. The Bertz CT molecular complexity index is 892. The summed E-state index contributed by atoms with van der Waals surface area (Å²) in [6.07, 6.45) is 0. The van der Waals surface area contributed by atoms with E-state index in [1.54, 1.807) is 32.0 Å². The zero-order valence-corrected chi connectivity index (χ0v) is 14.3. The van der Waals surface area contributed by atoms with Crippen LogP contribution in [0.2, 0.25) is 0 Å². The molecule has 0 saturated carbocycles. The molecule has 0 bridgehead atoms. The van der Waals surface area contributed by atoms with Gasteiger partial charge in [-0.3, -0.25) is 14.6 Å². The molecule has 1 atom stereocenters. The van der Waals surface area contributed by atoms with Crippen molar-refractivity contribution >= 4 is 29.3 Å². The average Bonchev–Trinajstić information content (AvgIpc) is 2.57. The quantitative estimate of drug-likeness (QED) is 0.509. The summed E-state index contributed by atoms with van der Waals surface area (Å²) in [4.78, 5) is 48.5. The van der Waals surface area contributed by atoms with Crippen molar-refractivity contribution in [3.63, 3.8) is 0 Å². The van der Waals surface area contributed by atoms with E-state index >= 15 is 0 Å². The number of ether oxygens (including phenoxy) is 1. The summed E-state index contributed by atoms with van der Waals surface area (Å²) in [6, 6.07) is 6.32. The Balaban J connectivity index is 2.06. The molecule has 0 aliphatic heterocycles. The second-order valence-corrected chi connectivity index (χ2v) is 6.19. The lowest BCUT2D eigenvalue weighted by atomic mass is 10.2. The van der Waals surface area contributed by atoms with Gasteiger partial charge in [-0.05, 0) is 32.0 Å². The summed E-state index contributed by atoms with van der Waals surface area (Å²) in [5.41, 5.74) is -0.648. The van der Waals surface area contributed by atoms with Crippen LogP contribution in [0.1, 0.15) is 24.2 Å². The molecule has 1 amide bonds. The number of amides is 1. The van der Waals surface area contributed by atoms with Crippen LogP contribution in [-0.2, 0) is 9.53 Å². The van der Waals surface area contributed by atoms with E-state index in [4.69, 9.17) is 4.74 Å². The van der Waals surface area contributed by atoms with Gasteiger partial charge >= 0.3 is 11.7 Å². The van der Waals surface area contributed by atoms with Crippen LogP contribution in [0.3, 0.4) is 0 Å². The monoisotopic (exact) mass is 364 g/mol. The van der Waals surface area contributed by atoms with Crippen LogP contribution in [0.15, 0.2) is 38.9 Å². The summed E-state index contributed by atoms with van der Waals surface area (Å²) < 4.78 is 4.91. The lowest BCUT2D eigenvalue weighted by molar-refractivity contribution is -0.115. The Kier molecular flexibility index (Phi) is 6.12. The molecule has 1 unspecified atom stereocenters. The molecule has 0 spiro atoms. The molecular formula is C15H16N4O5S. The highest BCUT2D eigenvalue weighted by atomic mass is 32.2. The first-order valence-corrected chi connectivity index (χ1v) is 8.22. The highest BCUT2D eigenvalue weighted by Crippen LogP contribution is 2.19. The number of aromatic nitrogens is 3. The number of H-pyrrole nitrogens is 2. The highest BCUT2D eigenvalue weighted by Gasteiger charge is 2.18. The van der Waals surface area contributed by atoms with E-state index in [0.29, 0.717) is 11.3 Å². The molecule has 9 nitrogen and oxygen atoms in total. The van der Waals surface area contributed by atoms with Crippen LogP contribution in [0.4, 0.5) is 5.69 Å². The number of carbonyl (C=O) groups is 2. The van der Waals surface area contributed by atoms with Crippen LogP contribution in [0, 0.1) is 0 Å². The van der Waals surface area contributed by atoms with Crippen molar-refractivity contribution < 1.29 is 14.3 Å². The maximum Gasteiger partial charge on any atom is 0.342 e. The molecule has 2 rings (SSSR count). The van der Waals surface area contributed by atoms with Crippen LogP contribution in [0.5, 0.6) is 0 Å². The van der Waals surface area contributed by atoms with Crippen molar-refractivity contribution in [2.24, 2.45) is 0 Å². The van der Waals surface area contributed by atoms with E-state index in [-0.39, 0.29) is 11.6 Å². The van der Waals surface area contributed by atoms with Crippen LogP contribution >= 0.6 is 11.8 Å². The van der Waals surface area contributed by atoms with Gasteiger partial charge in [0.2, 0.25) is 5.91 Å². The molecule has 1 aromatic heterocycles. The average molecular weight is 364 g/mol. The maximum atomic E-state index is 12.2. The SMILES string of the molecule is CCOC(=O)c1cccc(NC(=O)C(C)Sc2n[nH]c(=O)[nH]c2=O)c1. The first kappa shape index (κ1) is 18.5. The van der Waals surface area contributed by atoms with Crippen LogP contribution < -0.4 is 16.6 Å². The molecule has 0 fully saturated rings. The van der Waals surface area contributed by atoms with Crippen LogP contribution in [0.25, 0.3) is 0 Å². The van der Waals surface area contributed by atoms with E-state index in [1.165, 1.54) is 6.07 Å². The van der Waals surface area contributed by atoms with Crippen molar-refractivity contribution in [1.82, 2.24) is 15.2 Å². The molecule has 0 radical (unpaired) electrons. The van der Waals surface area contributed by atoms with Gasteiger partial charge in [-0.1, -0.05) is 17.8 Å². The Morgan fingerprint density at radius 3 is 2.80 bits per heavy atom. The zero-order valence-electron chi connectivity index (χ0n) is 13.5. The van der Waals surface area contributed by atoms with Crippen molar-refractivity contribution in [2.75, 3.05) is 11.9 Å².